The van der Waals surface area contributed by atoms with Crippen LogP contribution in [0, 0.1) is 18.6 Å². The number of benzene rings is 2. The third-order valence-corrected chi connectivity index (χ3v) is 5.10. The first-order valence-corrected chi connectivity index (χ1v) is 7.87. The minimum atomic E-state index is -4.32. The van der Waals surface area contributed by atoms with E-state index in [-0.39, 0.29) is 10.5 Å². The molecule has 122 valence electrons. The van der Waals surface area contributed by atoms with Crippen LogP contribution in [0.2, 0.25) is 0 Å². The number of rotatable bonds is 4. The molecule has 8 heteroatoms. The van der Waals surface area contributed by atoms with Gasteiger partial charge in [0.25, 0.3) is 10.0 Å². The van der Waals surface area contributed by atoms with Gasteiger partial charge in [-0.05, 0) is 36.8 Å². The van der Waals surface area contributed by atoms with Crippen molar-refractivity contribution in [1.29, 1.82) is 0 Å². The van der Waals surface area contributed by atoms with Crippen LogP contribution in [0.15, 0.2) is 41.3 Å². The molecule has 0 aliphatic rings. The topological polar surface area (TPSA) is 74.7 Å². The molecule has 0 unspecified atom stereocenters. The number of sulfonamides is 1. The van der Waals surface area contributed by atoms with E-state index < -0.39 is 33.3 Å². The van der Waals surface area contributed by atoms with Crippen LogP contribution in [0.4, 0.5) is 14.5 Å². The molecule has 0 amide bonds. The highest BCUT2D eigenvalue weighted by Gasteiger charge is 2.27. The average molecular weight is 341 g/mol. The van der Waals surface area contributed by atoms with Crippen molar-refractivity contribution in [2.45, 2.75) is 11.8 Å². The summed E-state index contributed by atoms with van der Waals surface area (Å²) in [6.07, 6.45) is 0. The van der Waals surface area contributed by atoms with Crippen molar-refractivity contribution in [1.82, 2.24) is 0 Å². The van der Waals surface area contributed by atoms with E-state index in [4.69, 9.17) is 5.11 Å². The number of aryl methyl sites for hydroxylation is 1. The highest BCUT2D eigenvalue weighted by atomic mass is 32.2. The molecule has 0 bridgehead atoms. The molecule has 1 N–H and O–H groups in total. The normalized spacial score (nSPS) is 11.3. The van der Waals surface area contributed by atoms with Crippen molar-refractivity contribution in [2.75, 3.05) is 11.4 Å². The van der Waals surface area contributed by atoms with Crippen LogP contribution in [-0.2, 0) is 10.0 Å². The number of carboxylic acid groups (broad SMARTS) is 1. The van der Waals surface area contributed by atoms with Crippen molar-refractivity contribution in [3.63, 3.8) is 0 Å². The second kappa shape index (κ2) is 5.96. The molecule has 0 saturated carbocycles. The molecular formula is C15H13F2NO4S. The molecule has 0 radical (unpaired) electrons. The SMILES string of the molecule is Cc1ccc(S(=O)(=O)N(C)c2c(F)cccc2F)cc1C(=O)O. The van der Waals surface area contributed by atoms with Gasteiger partial charge in [0.05, 0.1) is 10.5 Å². The zero-order valence-corrected chi connectivity index (χ0v) is 13.1. The lowest BCUT2D eigenvalue weighted by molar-refractivity contribution is 0.0696. The number of anilines is 1. The van der Waals surface area contributed by atoms with Gasteiger partial charge in [-0.1, -0.05) is 12.1 Å². The van der Waals surface area contributed by atoms with Crippen LogP contribution >= 0.6 is 0 Å². The summed E-state index contributed by atoms with van der Waals surface area (Å²) in [6, 6.07) is 6.45. The lowest BCUT2D eigenvalue weighted by Gasteiger charge is -2.21. The number of hydrogen-bond donors (Lipinski definition) is 1. The van der Waals surface area contributed by atoms with Crippen LogP contribution in [0.25, 0.3) is 0 Å². The monoisotopic (exact) mass is 341 g/mol. The minimum absolute atomic E-state index is 0.200. The summed E-state index contributed by atoms with van der Waals surface area (Å²) in [5, 5.41) is 9.07. The zero-order chi connectivity index (χ0) is 17.4. The largest absolute Gasteiger partial charge is 0.478 e. The maximum Gasteiger partial charge on any atom is 0.335 e. The summed E-state index contributed by atoms with van der Waals surface area (Å²) in [4.78, 5) is 10.8. The number of hydrogen-bond acceptors (Lipinski definition) is 3. The van der Waals surface area contributed by atoms with E-state index in [1.807, 2.05) is 0 Å². The third-order valence-electron chi connectivity index (χ3n) is 3.35. The average Bonchev–Trinajstić information content (AvgIpc) is 2.46. The van der Waals surface area contributed by atoms with Crippen molar-refractivity contribution >= 4 is 21.7 Å². The summed E-state index contributed by atoms with van der Waals surface area (Å²) >= 11 is 0. The molecule has 23 heavy (non-hydrogen) atoms. The lowest BCUT2D eigenvalue weighted by atomic mass is 10.1. The highest BCUT2D eigenvalue weighted by molar-refractivity contribution is 7.92. The van der Waals surface area contributed by atoms with Crippen molar-refractivity contribution < 1.29 is 27.1 Å². The van der Waals surface area contributed by atoms with Gasteiger partial charge in [0.15, 0.2) is 11.6 Å². The fourth-order valence-electron chi connectivity index (χ4n) is 2.06. The molecule has 0 spiro atoms. The summed E-state index contributed by atoms with van der Waals surface area (Å²) in [5.41, 5.74) is -0.561. The standard InChI is InChI=1S/C15H13F2NO4S/c1-9-6-7-10(8-11(9)15(19)20)23(21,22)18(2)14-12(16)4-3-5-13(14)17/h3-8H,1-2H3,(H,19,20). The first-order chi connectivity index (χ1) is 10.7. The Balaban J connectivity index is 2.59. The van der Waals surface area contributed by atoms with E-state index in [2.05, 4.69) is 0 Å². The first-order valence-electron chi connectivity index (χ1n) is 6.43. The number of para-hydroxylation sites is 1. The van der Waals surface area contributed by atoms with E-state index in [1.54, 1.807) is 0 Å². The summed E-state index contributed by atoms with van der Waals surface area (Å²) in [7, 11) is -3.32. The van der Waals surface area contributed by atoms with Gasteiger partial charge >= 0.3 is 5.97 Å². The van der Waals surface area contributed by atoms with Crippen LogP contribution in [0.3, 0.4) is 0 Å². The number of carboxylic acids is 1. The number of nitrogens with zero attached hydrogens (tertiary/aromatic N) is 1. The van der Waals surface area contributed by atoms with Crippen molar-refractivity contribution in [3.05, 3.63) is 59.2 Å². The van der Waals surface area contributed by atoms with Gasteiger partial charge in [0, 0.05) is 7.05 Å². The Kier molecular flexibility index (Phi) is 4.37. The van der Waals surface area contributed by atoms with Crippen LogP contribution in [0.5, 0.6) is 0 Å². The molecule has 0 atom stereocenters. The lowest BCUT2D eigenvalue weighted by Crippen LogP contribution is -2.28. The third kappa shape index (κ3) is 3.02. The van der Waals surface area contributed by atoms with Gasteiger partial charge in [-0.25, -0.2) is 22.0 Å². The van der Waals surface area contributed by atoms with Crippen LogP contribution < -0.4 is 4.31 Å². The first kappa shape index (κ1) is 16.9. The Morgan fingerprint density at radius 1 is 1.13 bits per heavy atom. The minimum Gasteiger partial charge on any atom is -0.478 e. The van der Waals surface area contributed by atoms with E-state index in [0.717, 1.165) is 31.3 Å². The van der Waals surface area contributed by atoms with Crippen LogP contribution in [0.1, 0.15) is 15.9 Å². The maximum absolute atomic E-state index is 13.8. The molecule has 0 heterocycles. The van der Waals surface area contributed by atoms with Crippen molar-refractivity contribution in [3.8, 4) is 0 Å². The molecule has 0 aliphatic carbocycles. The van der Waals surface area contributed by atoms with Gasteiger partial charge in [0.1, 0.15) is 5.69 Å². The molecule has 0 fully saturated rings. The Bertz CT molecular complexity index is 861. The summed E-state index contributed by atoms with van der Waals surface area (Å²) in [6.45, 7) is 1.51. The van der Waals surface area contributed by atoms with Gasteiger partial charge in [0.2, 0.25) is 0 Å². The molecule has 0 aliphatic heterocycles. The second-order valence-electron chi connectivity index (χ2n) is 4.82. The molecule has 2 aromatic rings. The van der Waals surface area contributed by atoms with E-state index in [0.29, 0.717) is 9.87 Å². The van der Waals surface area contributed by atoms with Gasteiger partial charge < -0.3 is 5.11 Å². The Morgan fingerprint density at radius 2 is 1.70 bits per heavy atom. The fourth-order valence-corrected chi connectivity index (χ4v) is 3.30. The van der Waals surface area contributed by atoms with Crippen molar-refractivity contribution in [2.24, 2.45) is 0 Å². The van der Waals surface area contributed by atoms with Gasteiger partial charge in [-0.15, -0.1) is 0 Å². The van der Waals surface area contributed by atoms with Gasteiger partial charge in [-0.3, -0.25) is 4.31 Å². The quantitative estimate of drug-likeness (QED) is 0.928. The fraction of sp³-hybridized carbons (Fsp3) is 0.133. The summed E-state index contributed by atoms with van der Waals surface area (Å²) in [5.74, 6) is -3.37. The summed E-state index contributed by atoms with van der Waals surface area (Å²) < 4.78 is 53.1. The van der Waals surface area contributed by atoms with E-state index >= 15 is 0 Å². The van der Waals surface area contributed by atoms with Gasteiger partial charge in [-0.2, -0.15) is 0 Å². The predicted octanol–water partition coefficient (Wildman–Crippen LogP) is 2.80. The number of carbonyl (C=O) groups is 1. The Morgan fingerprint density at radius 3 is 2.22 bits per heavy atom. The molecule has 5 nitrogen and oxygen atoms in total. The number of halogens is 2. The predicted molar refractivity (Wildman–Crippen MR) is 80.1 cm³/mol. The molecule has 2 rings (SSSR count). The Hall–Kier alpha value is -2.48. The Labute approximate surface area is 131 Å². The highest BCUT2D eigenvalue weighted by Crippen LogP contribution is 2.28. The molecule has 0 saturated heterocycles. The second-order valence-corrected chi connectivity index (χ2v) is 6.79. The van der Waals surface area contributed by atoms with E-state index in [9.17, 15) is 22.0 Å². The molecule has 0 aromatic heterocycles. The number of aromatic carboxylic acids is 1. The molecule has 2 aromatic carbocycles. The van der Waals surface area contributed by atoms with Crippen LogP contribution in [-0.4, -0.2) is 26.5 Å². The molecular weight excluding hydrogens is 328 g/mol. The zero-order valence-electron chi connectivity index (χ0n) is 12.2. The maximum atomic E-state index is 13.8. The van der Waals surface area contributed by atoms with E-state index in [1.165, 1.54) is 19.1 Å². The smallest absolute Gasteiger partial charge is 0.335 e.